The molecule has 1 heterocycles. The molecule has 1 aromatic carbocycles. The van der Waals surface area contributed by atoms with E-state index in [1.54, 1.807) is 12.1 Å². The van der Waals surface area contributed by atoms with Gasteiger partial charge in [0.05, 0.1) is 0 Å². The number of nitrogens with zero attached hydrogens (tertiary/aromatic N) is 2. The third-order valence-corrected chi connectivity index (χ3v) is 3.22. The van der Waals surface area contributed by atoms with Gasteiger partial charge < -0.3 is 10.3 Å². The van der Waals surface area contributed by atoms with E-state index in [0.717, 1.165) is 5.82 Å². The summed E-state index contributed by atoms with van der Waals surface area (Å²) in [5, 5.41) is 0.323. The maximum absolute atomic E-state index is 13.5. The molecule has 0 aliphatic rings. The zero-order chi connectivity index (χ0) is 14.9. The van der Waals surface area contributed by atoms with E-state index in [1.807, 2.05) is 18.4 Å². The molecule has 0 atom stereocenters. The predicted molar refractivity (Wildman–Crippen MR) is 81.3 cm³/mol. The molecule has 0 unspecified atom stereocenters. The van der Waals surface area contributed by atoms with Gasteiger partial charge in [-0.1, -0.05) is 31.5 Å². The number of imidazole rings is 1. The number of rotatable bonds is 4. The second kappa shape index (κ2) is 5.67. The van der Waals surface area contributed by atoms with Gasteiger partial charge in [0.1, 0.15) is 23.2 Å². The molecule has 0 aliphatic carbocycles. The van der Waals surface area contributed by atoms with Crippen LogP contribution in [-0.4, -0.2) is 9.55 Å². The van der Waals surface area contributed by atoms with Crippen LogP contribution in [0.25, 0.3) is 11.3 Å². The summed E-state index contributed by atoms with van der Waals surface area (Å²) in [6, 6.07) is 4.30. The van der Waals surface area contributed by atoms with Crippen LogP contribution >= 0.6 is 11.6 Å². The van der Waals surface area contributed by atoms with Crippen molar-refractivity contribution in [2.45, 2.75) is 26.3 Å². The van der Waals surface area contributed by atoms with Crippen LogP contribution in [0.5, 0.6) is 0 Å². The number of halogens is 2. The number of benzene rings is 1. The van der Waals surface area contributed by atoms with Crippen LogP contribution in [0.15, 0.2) is 30.9 Å². The summed E-state index contributed by atoms with van der Waals surface area (Å²) in [5.74, 6) is 1.14. The lowest BCUT2D eigenvalue weighted by Crippen LogP contribution is -2.07. The molecular formula is C15H17ClFN3. The van der Waals surface area contributed by atoms with E-state index >= 15 is 0 Å². The highest BCUT2D eigenvalue weighted by Gasteiger charge is 2.18. The standard InChI is InChI=1S/C15H17ClFN3/c1-4-5-20-14(18)13(19-15(20)9(2)3)10-6-11(16)8-12(17)7-10/h4,6-9H,1,5,18H2,2-3H3. The fourth-order valence-electron chi connectivity index (χ4n) is 2.15. The highest BCUT2D eigenvalue weighted by atomic mass is 35.5. The molecule has 2 aromatic rings. The molecule has 0 saturated heterocycles. The molecule has 2 rings (SSSR count). The number of anilines is 1. The van der Waals surface area contributed by atoms with Crippen molar-refractivity contribution < 1.29 is 4.39 Å². The average molecular weight is 294 g/mol. The van der Waals surface area contributed by atoms with Gasteiger partial charge >= 0.3 is 0 Å². The van der Waals surface area contributed by atoms with Gasteiger partial charge in [0, 0.05) is 23.0 Å². The van der Waals surface area contributed by atoms with Gasteiger partial charge in [-0.2, -0.15) is 0 Å². The molecule has 0 saturated carbocycles. The van der Waals surface area contributed by atoms with Crippen molar-refractivity contribution >= 4 is 17.4 Å². The van der Waals surface area contributed by atoms with Crippen LogP contribution in [0.1, 0.15) is 25.6 Å². The lowest BCUT2D eigenvalue weighted by molar-refractivity contribution is 0.628. The van der Waals surface area contributed by atoms with Crippen molar-refractivity contribution in [3.05, 3.63) is 47.5 Å². The molecule has 5 heteroatoms. The van der Waals surface area contributed by atoms with Gasteiger partial charge in [0.15, 0.2) is 0 Å². The summed E-state index contributed by atoms with van der Waals surface area (Å²) in [6.45, 7) is 8.35. The van der Waals surface area contributed by atoms with Gasteiger partial charge in [-0.05, 0) is 18.2 Å². The molecular weight excluding hydrogens is 277 g/mol. The molecule has 0 bridgehead atoms. The fourth-order valence-corrected chi connectivity index (χ4v) is 2.37. The smallest absolute Gasteiger partial charge is 0.132 e. The van der Waals surface area contributed by atoms with Crippen LogP contribution in [-0.2, 0) is 6.54 Å². The van der Waals surface area contributed by atoms with Gasteiger partial charge in [0.2, 0.25) is 0 Å². The normalized spacial score (nSPS) is 11.1. The Hall–Kier alpha value is -1.81. The molecule has 106 valence electrons. The zero-order valence-corrected chi connectivity index (χ0v) is 12.3. The van der Waals surface area contributed by atoms with Gasteiger partial charge in [-0.3, -0.25) is 0 Å². The van der Waals surface area contributed by atoms with Crippen molar-refractivity contribution in [3.63, 3.8) is 0 Å². The first-order valence-electron chi connectivity index (χ1n) is 6.37. The SMILES string of the molecule is C=CCn1c(C(C)C)nc(-c2cc(F)cc(Cl)c2)c1N. The Kier molecular flexibility index (Phi) is 4.14. The molecule has 0 amide bonds. The van der Waals surface area contributed by atoms with Gasteiger partial charge in [-0.15, -0.1) is 6.58 Å². The number of aromatic nitrogens is 2. The van der Waals surface area contributed by atoms with E-state index in [9.17, 15) is 4.39 Å². The van der Waals surface area contributed by atoms with E-state index in [4.69, 9.17) is 17.3 Å². The van der Waals surface area contributed by atoms with Crippen molar-refractivity contribution in [2.75, 3.05) is 5.73 Å². The summed E-state index contributed by atoms with van der Waals surface area (Å²) < 4.78 is 15.4. The monoisotopic (exact) mass is 293 g/mol. The zero-order valence-electron chi connectivity index (χ0n) is 11.5. The second-order valence-electron chi connectivity index (χ2n) is 4.92. The van der Waals surface area contributed by atoms with Crippen molar-refractivity contribution in [3.8, 4) is 11.3 Å². The van der Waals surface area contributed by atoms with E-state index < -0.39 is 5.82 Å². The Balaban J connectivity index is 2.62. The molecule has 0 fully saturated rings. The highest BCUT2D eigenvalue weighted by Crippen LogP contribution is 2.31. The first kappa shape index (κ1) is 14.6. The summed E-state index contributed by atoms with van der Waals surface area (Å²) in [7, 11) is 0. The minimum atomic E-state index is -0.406. The van der Waals surface area contributed by atoms with Crippen molar-refractivity contribution in [2.24, 2.45) is 0 Å². The number of nitrogen functional groups attached to an aromatic ring is 1. The number of hydrogen-bond donors (Lipinski definition) is 1. The molecule has 20 heavy (non-hydrogen) atoms. The van der Waals surface area contributed by atoms with Crippen LogP contribution in [0, 0.1) is 5.82 Å². The summed E-state index contributed by atoms with van der Waals surface area (Å²) in [4.78, 5) is 4.55. The molecule has 3 nitrogen and oxygen atoms in total. The van der Waals surface area contributed by atoms with Crippen molar-refractivity contribution in [1.82, 2.24) is 9.55 Å². The van der Waals surface area contributed by atoms with E-state index in [2.05, 4.69) is 11.6 Å². The number of nitrogens with two attached hydrogens (primary N) is 1. The largest absolute Gasteiger partial charge is 0.383 e. The van der Waals surface area contributed by atoms with Crippen LogP contribution in [0.4, 0.5) is 10.2 Å². The first-order chi connectivity index (χ1) is 9.43. The quantitative estimate of drug-likeness (QED) is 0.857. The second-order valence-corrected chi connectivity index (χ2v) is 5.35. The maximum atomic E-state index is 13.5. The van der Waals surface area contributed by atoms with Crippen molar-refractivity contribution in [1.29, 1.82) is 0 Å². The molecule has 1 aromatic heterocycles. The fraction of sp³-hybridized carbons (Fsp3) is 0.267. The number of hydrogen-bond acceptors (Lipinski definition) is 2. The third kappa shape index (κ3) is 2.70. The first-order valence-corrected chi connectivity index (χ1v) is 6.75. The molecule has 0 spiro atoms. The minimum Gasteiger partial charge on any atom is -0.383 e. The Morgan fingerprint density at radius 3 is 2.70 bits per heavy atom. The third-order valence-electron chi connectivity index (χ3n) is 3.00. The van der Waals surface area contributed by atoms with Gasteiger partial charge in [0.25, 0.3) is 0 Å². The van der Waals surface area contributed by atoms with E-state index in [1.165, 1.54) is 12.1 Å². The van der Waals surface area contributed by atoms with E-state index in [0.29, 0.717) is 28.6 Å². The molecule has 2 N–H and O–H groups in total. The Labute approximate surface area is 122 Å². The maximum Gasteiger partial charge on any atom is 0.132 e. The number of allylic oxidation sites excluding steroid dienone is 1. The lowest BCUT2D eigenvalue weighted by atomic mass is 10.1. The lowest BCUT2D eigenvalue weighted by Gasteiger charge is -2.09. The molecule has 0 aliphatic heterocycles. The van der Waals surface area contributed by atoms with Crippen LogP contribution < -0.4 is 5.73 Å². The highest BCUT2D eigenvalue weighted by molar-refractivity contribution is 6.30. The van der Waals surface area contributed by atoms with E-state index in [-0.39, 0.29) is 5.92 Å². The summed E-state index contributed by atoms with van der Waals surface area (Å²) >= 11 is 5.89. The predicted octanol–water partition coefficient (Wildman–Crippen LogP) is 4.23. The van der Waals surface area contributed by atoms with Crippen LogP contribution in [0.2, 0.25) is 5.02 Å². The Morgan fingerprint density at radius 1 is 1.45 bits per heavy atom. The topological polar surface area (TPSA) is 43.8 Å². The Morgan fingerprint density at radius 2 is 2.15 bits per heavy atom. The average Bonchev–Trinajstić information content (AvgIpc) is 2.67. The summed E-state index contributed by atoms with van der Waals surface area (Å²) in [6.07, 6.45) is 1.76. The summed E-state index contributed by atoms with van der Waals surface area (Å²) in [5.41, 5.74) is 7.28. The molecule has 0 radical (unpaired) electrons. The Bertz CT molecular complexity index is 627. The van der Waals surface area contributed by atoms with Gasteiger partial charge in [-0.25, -0.2) is 9.37 Å². The van der Waals surface area contributed by atoms with Crippen LogP contribution in [0.3, 0.4) is 0 Å². The minimum absolute atomic E-state index is 0.204.